The lowest BCUT2D eigenvalue weighted by Crippen LogP contribution is -2.15. The van der Waals surface area contributed by atoms with E-state index in [-0.39, 0.29) is 13.2 Å². The molecule has 15 nitrogen and oxygen atoms in total. The highest BCUT2D eigenvalue weighted by atomic mass is 79.9. The average molecular weight is 712 g/mol. The second-order valence-corrected chi connectivity index (χ2v) is 9.28. The van der Waals surface area contributed by atoms with Crippen LogP contribution in [0.5, 0.6) is 0 Å². The molecule has 0 atom stereocenters. The fourth-order valence-corrected chi connectivity index (χ4v) is 3.08. The summed E-state index contributed by atoms with van der Waals surface area (Å²) in [6, 6.07) is 0. The van der Waals surface area contributed by atoms with Crippen LogP contribution in [0.3, 0.4) is 0 Å². The molecule has 0 saturated carbocycles. The Kier molecular flexibility index (Phi) is 39.9. The van der Waals surface area contributed by atoms with Crippen molar-refractivity contribution in [3.05, 3.63) is 0 Å². The van der Waals surface area contributed by atoms with Crippen LogP contribution in [0, 0.1) is 0 Å². The van der Waals surface area contributed by atoms with Crippen LogP contribution < -0.4 is 0 Å². The zero-order valence-electron chi connectivity index (χ0n) is 26.1. The summed E-state index contributed by atoms with van der Waals surface area (Å²) in [4.78, 5) is 10.3. The largest absolute Gasteiger partial charge is 0.480 e. The third-order valence-corrected chi connectivity index (χ3v) is 5.23. The minimum absolute atomic E-state index is 0.241. The van der Waals surface area contributed by atoms with Gasteiger partial charge in [-0.3, -0.25) is 0 Å². The van der Waals surface area contributed by atoms with Crippen LogP contribution in [0.2, 0.25) is 0 Å². The second kappa shape index (κ2) is 40.5. The predicted octanol–water partition coefficient (Wildman–Crippen LogP) is 0.682. The van der Waals surface area contributed by atoms with Crippen molar-refractivity contribution in [2.45, 2.75) is 0 Å². The van der Waals surface area contributed by atoms with Crippen molar-refractivity contribution < 1.29 is 71.5 Å². The number of ether oxygens (including phenoxy) is 13. The molecule has 0 bridgehead atoms. The highest BCUT2D eigenvalue weighted by molar-refractivity contribution is 9.09. The number of halogens is 1. The van der Waals surface area contributed by atoms with E-state index in [1.54, 1.807) is 0 Å². The summed E-state index contributed by atoms with van der Waals surface area (Å²) in [7, 11) is 0. The van der Waals surface area contributed by atoms with Gasteiger partial charge in [-0.25, -0.2) is 4.79 Å². The van der Waals surface area contributed by atoms with Gasteiger partial charge in [-0.1, -0.05) is 15.9 Å². The van der Waals surface area contributed by atoms with Gasteiger partial charge in [0.05, 0.1) is 165 Å². The number of aliphatic carboxylic acids is 1. The van der Waals surface area contributed by atoms with E-state index >= 15 is 0 Å². The summed E-state index contributed by atoms with van der Waals surface area (Å²) >= 11 is 3.30. The van der Waals surface area contributed by atoms with Crippen molar-refractivity contribution in [3.63, 3.8) is 0 Å². The lowest BCUT2D eigenvalue weighted by Gasteiger charge is -2.09. The van der Waals surface area contributed by atoms with Crippen molar-refractivity contribution in [3.8, 4) is 0 Å². The van der Waals surface area contributed by atoms with Crippen LogP contribution in [0.15, 0.2) is 0 Å². The molecule has 0 unspecified atom stereocenters. The maximum Gasteiger partial charge on any atom is 0.329 e. The number of carboxylic acids is 1. The Hall–Kier alpha value is -0.570. The highest BCUT2D eigenvalue weighted by Crippen LogP contribution is 1.88. The lowest BCUT2D eigenvalue weighted by atomic mass is 10.6. The van der Waals surface area contributed by atoms with E-state index in [2.05, 4.69) is 15.9 Å². The number of rotatable bonds is 40. The van der Waals surface area contributed by atoms with Gasteiger partial charge < -0.3 is 66.7 Å². The molecule has 0 amide bonds. The van der Waals surface area contributed by atoms with Gasteiger partial charge in [0.1, 0.15) is 6.61 Å². The first kappa shape index (κ1) is 43.4. The minimum Gasteiger partial charge on any atom is -0.480 e. The Morgan fingerprint density at radius 2 is 0.477 bits per heavy atom. The molecule has 1 N–H and O–H groups in total. The smallest absolute Gasteiger partial charge is 0.329 e. The Bertz CT molecular complexity index is 551. The lowest BCUT2D eigenvalue weighted by molar-refractivity contribution is -0.142. The first-order valence-electron chi connectivity index (χ1n) is 15.1. The van der Waals surface area contributed by atoms with Gasteiger partial charge in [0.15, 0.2) is 0 Å². The maximum atomic E-state index is 10.3. The van der Waals surface area contributed by atoms with Crippen LogP contribution >= 0.6 is 15.9 Å². The standard InChI is InChI=1S/C28H55BrO15/c29-1-2-32-3-4-33-5-6-34-7-8-35-9-10-36-11-12-37-13-14-38-15-16-39-17-18-40-19-20-41-21-22-42-23-24-43-25-26-44-27-28(30)31/h1-27H2,(H,30,31). The van der Waals surface area contributed by atoms with Gasteiger partial charge in [-0.2, -0.15) is 0 Å². The van der Waals surface area contributed by atoms with Crippen molar-refractivity contribution in [2.75, 3.05) is 177 Å². The van der Waals surface area contributed by atoms with Gasteiger partial charge in [0, 0.05) is 5.33 Å². The molecule has 0 aliphatic carbocycles. The van der Waals surface area contributed by atoms with E-state index in [0.29, 0.717) is 159 Å². The summed E-state index contributed by atoms with van der Waals surface area (Å²) in [6.45, 7) is 12.0. The van der Waals surface area contributed by atoms with Crippen LogP contribution in [-0.2, 0) is 66.4 Å². The summed E-state index contributed by atoms with van der Waals surface area (Å²) in [6.07, 6.45) is 0. The molecule has 0 radical (unpaired) electrons. The first-order valence-corrected chi connectivity index (χ1v) is 16.2. The van der Waals surface area contributed by atoms with Gasteiger partial charge in [0.2, 0.25) is 0 Å². The molecular formula is C28H55BrO15. The number of carbonyl (C=O) groups is 1. The van der Waals surface area contributed by atoms with E-state index in [9.17, 15) is 4.79 Å². The van der Waals surface area contributed by atoms with Crippen molar-refractivity contribution in [1.82, 2.24) is 0 Å². The third-order valence-electron chi connectivity index (χ3n) is 4.91. The normalized spacial score (nSPS) is 11.5. The predicted molar refractivity (Wildman–Crippen MR) is 162 cm³/mol. The fraction of sp³-hybridized carbons (Fsp3) is 0.964. The zero-order chi connectivity index (χ0) is 31.9. The molecule has 0 aromatic rings. The molecule has 0 saturated heterocycles. The molecule has 0 fully saturated rings. The van der Waals surface area contributed by atoms with Crippen LogP contribution in [0.25, 0.3) is 0 Å². The quantitative estimate of drug-likeness (QED) is 0.0699. The molecule has 0 aromatic carbocycles. The van der Waals surface area contributed by atoms with E-state index in [1.807, 2.05) is 0 Å². The van der Waals surface area contributed by atoms with Crippen LogP contribution in [-0.4, -0.2) is 188 Å². The average Bonchev–Trinajstić information content (AvgIpc) is 3.02. The molecule has 16 heteroatoms. The molecule has 0 rings (SSSR count). The van der Waals surface area contributed by atoms with Crippen molar-refractivity contribution in [2.24, 2.45) is 0 Å². The van der Waals surface area contributed by atoms with Crippen molar-refractivity contribution in [1.29, 1.82) is 0 Å². The molecule has 0 spiro atoms. The molecule has 0 aliphatic rings. The van der Waals surface area contributed by atoms with E-state index in [4.69, 9.17) is 66.7 Å². The Morgan fingerprint density at radius 1 is 0.318 bits per heavy atom. The van der Waals surface area contributed by atoms with E-state index in [0.717, 1.165) is 5.33 Å². The molecule has 0 aliphatic heterocycles. The Morgan fingerprint density at radius 3 is 0.636 bits per heavy atom. The summed E-state index contributed by atoms with van der Waals surface area (Å²) in [5, 5.41) is 9.25. The summed E-state index contributed by atoms with van der Waals surface area (Å²) in [5.74, 6) is -0.996. The van der Waals surface area contributed by atoms with Gasteiger partial charge in [-0.15, -0.1) is 0 Å². The van der Waals surface area contributed by atoms with Gasteiger partial charge in [0.25, 0.3) is 0 Å². The van der Waals surface area contributed by atoms with E-state index < -0.39 is 5.97 Å². The van der Waals surface area contributed by atoms with Crippen LogP contribution in [0.1, 0.15) is 0 Å². The Labute approximate surface area is 270 Å². The zero-order valence-corrected chi connectivity index (χ0v) is 27.7. The Balaban J connectivity index is 3.04. The van der Waals surface area contributed by atoms with E-state index in [1.165, 1.54) is 0 Å². The SMILES string of the molecule is O=C(O)COCCOCCOCCOCCOCCOCCOCCOCCOCCOCCOCCOCCOCCBr. The van der Waals surface area contributed by atoms with Crippen molar-refractivity contribution >= 4 is 21.9 Å². The first-order chi connectivity index (χ1) is 21.8. The summed E-state index contributed by atoms with van der Waals surface area (Å²) in [5.41, 5.74) is 0. The molecule has 264 valence electrons. The summed E-state index contributed by atoms with van der Waals surface area (Å²) < 4.78 is 69.7. The molecule has 0 heterocycles. The third kappa shape index (κ3) is 41.4. The number of carboxylic acid groups (broad SMARTS) is 1. The maximum absolute atomic E-state index is 10.3. The number of hydrogen-bond acceptors (Lipinski definition) is 14. The molecule has 0 aromatic heterocycles. The van der Waals surface area contributed by atoms with Crippen LogP contribution in [0.4, 0.5) is 0 Å². The van der Waals surface area contributed by atoms with Gasteiger partial charge in [-0.05, 0) is 0 Å². The van der Waals surface area contributed by atoms with Gasteiger partial charge >= 0.3 is 5.97 Å². The molecular weight excluding hydrogens is 656 g/mol. The fourth-order valence-electron chi connectivity index (χ4n) is 2.85. The monoisotopic (exact) mass is 710 g/mol. The number of hydrogen-bond donors (Lipinski definition) is 1. The molecule has 44 heavy (non-hydrogen) atoms. The number of alkyl halides is 1. The minimum atomic E-state index is -0.996. The second-order valence-electron chi connectivity index (χ2n) is 8.48. The topological polar surface area (TPSA) is 157 Å². The highest BCUT2D eigenvalue weighted by Gasteiger charge is 1.98.